The third-order valence-electron chi connectivity index (χ3n) is 6.27. The summed E-state index contributed by atoms with van der Waals surface area (Å²) >= 11 is 0. The van der Waals surface area contributed by atoms with Crippen molar-refractivity contribution < 1.29 is 8.42 Å². The van der Waals surface area contributed by atoms with Crippen LogP contribution >= 0.6 is 0 Å². The number of para-hydroxylation sites is 1. The summed E-state index contributed by atoms with van der Waals surface area (Å²) in [6.07, 6.45) is 2.28. The van der Waals surface area contributed by atoms with E-state index in [2.05, 4.69) is 36.0 Å². The van der Waals surface area contributed by atoms with Crippen LogP contribution in [0, 0.1) is 5.92 Å². The molecule has 2 aromatic heterocycles. The molecular weight excluding hydrogens is 422 g/mol. The van der Waals surface area contributed by atoms with Gasteiger partial charge in [-0.05, 0) is 54.5 Å². The third-order valence-corrected chi connectivity index (χ3v) is 7.94. The van der Waals surface area contributed by atoms with E-state index in [1.165, 1.54) is 6.42 Å². The van der Waals surface area contributed by atoms with E-state index >= 15 is 0 Å². The van der Waals surface area contributed by atoms with Crippen molar-refractivity contribution in [3.05, 3.63) is 54.1 Å². The first-order valence-corrected chi connectivity index (χ1v) is 12.6. The van der Waals surface area contributed by atoms with E-state index in [1.54, 1.807) is 16.6 Å². The Morgan fingerprint density at radius 2 is 1.81 bits per heavy atom. The van der Waals surface area contributed by atoms with Crippen molar-refractivity contribution in [1.29, 1.82) is 0 Å². The summed E-state index contributed by atoms with van der Waals surface area (Å²) in [5.74, 6) is 1.68. The lowest BCUT2D eigenvalue weighted by atomic mass is 10.00. The Morgan fingerprint density at radius 1 is 1.06 bits per heavy atom. The van der Waals surface area contributed by atoms with Gasteiger partial charge >= 0.3 is 0 Å². The third kappa shape index (κ3) is 3.43. The summed E-state index contributed by atoms with van der Waals surface area (Å²) in [6, 6.07) is 14.8. The van der Waals surface area contributed by atoms with E-state index in [0.717, 1.165) is 41.8 Å². The second kappa shape index (κ2) is 7.85. The maximum absolute atomic E-state index is 13.5. The molecule has 1 atom stereocenters. The molecule has 32 heavy (non-hydrogen) atoms. The lowest BCUT2D eigenvalue weighted by Gasteiger charge is -2.32. The highest BCUT2D eigenvalue weighted by Gasteiger charge is 2.28. The molecule has 0 unspecified atom stereocenters. The Kier molecular flexibility index (Phi) is 5.12. The zero-order valence-electron chi connectivity index (χ0n) is 18.6. The molecular formula is C24H27N5O2S. The predicted molar refractivity (Wildman–Crippen MR) is 125 cm³/mol. The number of hydrogen-bond donors (Lipinski definition) is 0. The van der Waals surface area contributed by atoms with Gasteiger partial charge in [0.1, 0.15) is 5.82 Å². The van der Waals surface area contributed by atoms with Gasteiger partial charge in [0.05, 0.1) is 10.4 Å². The molecule has 1 saturated heterocycles. The van der Waals surface area contributed by atoms with Crippen molar-refractivity contribution in [3.8, 4) is 0 Å². The molecule has 0 bridgehead atoms. The van der Waals surface area contributed by atoms with Crippen LogP contribution < -0.4 is 4.90 Å². The number of sulfone groups is 1. The number of rotatable bonds is 4. The van der Waals surface area contributed by atoms with E-state index in [-0.39, 0.29) is 15.6 Å². The van der Waals surface area contributed by atoms with Gasteiger partial charge in [0.25, 0.3) is 0 Å². The molecule has 0 saturated carbocycles. The van der Waals surface area contributed by atoms with E-state index in [0.29, 0.717) is 11.8 Å². The maximum Gasteiger partial charge on any atom is 0.229 e. The van der Waals surface area contributed by atoms with Crippen LogP contribution in [0.1, 0.15) is 45.1 Å². The lowest BCUT2D eigenvalue weighted by Crippen LogP contribution is -2.35. The van der Waals surface area contributed by atoms with Crippen molar-refractivity contribution in [2.24, 2.45) is 5.92 Å². The van der Waals surface area contributed by atoms with Gasteiger partial charge in [0.15, 0.2) is 5.65 Å². The molecule has 0 radical (unpaired) electrons. The van der Waals surface area contributed by atoms with Gasteiger partial charge in [-0.2, -0.15) is 4.52 Å². The monoisotopic (exact) mass is 449 g/mol. The predicted octanol–water partition coefficient (Wildman–Crippen LogP) is 4.47. The molecule has 0 spiro atoms. The van der Waals surface area contributed by atoms with Crippen molar-refractivity contribution in [2.75, 3.05) is 18.0 Å². The zero-order chi connectivity index (χ0) is 22.5. The molecule has 5 rings (SSSR count). The normalized spacial score (nSPS) is 17.5. The fourth-order valence-electron chi connectivity index (χ4n) is 4.47. The largest absolute Gasteiger partial charge is 0.356 e. The standard InChI is InChI=1S/C24H27N5O2S/c1-16(2)18-10-12-19(13-11-18)32(30,31)24-23-25-22(28-14-6-7-17(3)15-28)20-8-4-5-9-21(20)29(23)27-26-24/h4-5,8-13,16-17H,6-7,14-15H2,1-3H3/t17-/m0/s1. The van der Waals surface area contributed by atoms with Crippen molar-refractivity contribution >= 4 is 32.2 Å². The minimum Gasteiger partial charge on any atom is -0.356 e. The van der Waals surface area contributed by atoms with Crippen molar-refractivity contribution in [3.63, 3.8) is 0 Å². The highest BCUT2D eigenvalue weighted by Crippen LogP contribution is 2.32. The fraction of sp³-hybridized carbons (Fsp3) is 0.375. The van der Waals surface area contributed by atoms with Crippen molar-refractivity contribution in [2.45, 2.75) is 49.5 Å². The molecule has 1 aliphatic heterocycles. The summed E-state index contributed by atoms with van der Waals surface area (Å²) in [5.41, 5.74) is 2.15. The Bertz CT molecular complexity index is 1390. The van der Waals surface area contributed by atoms with Crippen LogP contribution in [0.25, 0.3) is 16.6 Å². The minimum absolute atomic E-state index is 0.105. The molecule has 1 aliphatic rings. The maximum atomic E-state index is 13.5. The number of anilines is 1. The van der Waals surface area contributed by atoms with E-state index < -0.39 is 9.84 Å². The first-order chi connectivity index (χ1) is 15.4. The first kappa shape index (κ1) is 20.9. The fourth-order valence-corrected chi connectivity index (χ4v) is 5.70. The van der Waals surface area contributed by atoms with Gasteiger partial charge in [0.2, 0.25) is 14.9 Å². The van der Waals surface area contributed by atoms with Crippen LogP contribution in [0.5, 0.6) is 0 Å². The second-order valence-electron chi connectivity index (χ2n) is 9.00. The summed E-state index contributed by atoms with van der Waals surface area (Å²) < 4.78 is 28.5. The number of piperidine rings is 1. The summed E-state index contributed by atoms with van der Waals surface area (Å²) in [7, 11) is -3.87. The average Bonchev–Trinajstić information content (AvgIpc) is 3.24. The van der Waals surface area contributed by atoms with E-state index in [1.807, 2.05) is 36.4 Å². The number of nitrogens with zero attached hydrogens (tertiary/aromatic N) is 5. The SMILES string of the molecule is CC(C)c1ccc(S(=O)(=O)c2nnn3c2nc(N2CCC[C@H](C)C2)c2ccccc23)cc1. The molecule has 1 fully saturated rings. The number of benzene rings is 2. The quantitative estimate of drug-likeness (QED) is 0.457. The van der Waals surface area contributed by atoms with Crippen LogP contribution in [0.4, 0.5) is 5.82 Å². The van der Waals surface area contributed by atoms with E-state index in [9.17, 15) is 8.42 Å². The topological polar surface area (TPSA) is 80.5 Å². The first-order valence-electron chi connectivity index (χ1n) is 11.1. The Hall–Kier alpha value is -3.00. The zero-order valence-corrected chi connectivity index (χ0v) is 19.4. The molecule has 7 nitrogen and oxygen atoms in total. The number of fused-ring (bicyclic) bond motifs is 3. The summed E-state index contributed by atoms with van der Waals surface area (Å²) in [5, 5.41) is 9.13. The van der Waals surface area contributed by atoms with Crippen LogP contribution in [0.2, 0.25) is 0 Å². The number of hydrogen-bond acceptors (Lipinski definition) is 6. The lowest BCUT2D eigenvalue weighted by molar-refractivity contribution is 0.445. The highest BCUT2D eigenvalue weighted by atomic mass is 32.2. The molecule has 0 aliphatic carbocycles. The highest BCUT2D eigenvalue weighted by molar-refractivity contribution is 7.91. The molecule has 166 valence electrons. The van der Waals surface area contributed by atoms with Gasteiger partial charge in [-0.3, -0.25) is 0 Å². The van der Waals surface area contributed by atoms with Crippen LogP contribution in [0.3, 0.4) is 0 Å². The van der Waals surface area contributed by atoms with Gasteiger partial charge in [-0.15, -0.1) is 5.10 Å². The Labute approximate surface area is 188 Å². The second-order valence-corrected chi connectivity index (χ2v) is 10.9. The van der Waals surface area contributed by atoms with Crippen LogP contribution in [-0.4, -0.2) is 41.3 Å². The van der Waals surface area contributed by atoms with Crippen molar-refractivity contribution in [1.82, 2.24) is 19.8 Å². The van der Waals surface area contributed by atoms with Gasteiger partial charge in [-0.25, -0.2) is 13.4 Å². The smallest absolute Gasteiger partial charge is 0.229 e. The van der Waals surface area contributed by atoms with Gasteiger partial charge in [-0.1, -0.05) is 50.3 Å². The molecule has 2 aromatic carbocycles. The van der Waals surface area contributed by atoms with Gasteiger partial charge in [0, 0.05) is 18.5 Å². The van der Waals surface area contributed by atoms with E-state index in [4.69, 9.17) is 4.98 Å². The van der Waals surface area contributed by atoms with Crippen LogP contribution in [0.15, 0.2) is 58.5 Å². The van der Waals surface area contributed by atoms with Gasteiger partial charge < -0.3 is 4.90 Å². The molecule has 3 heterocycles. The Balaban J connectivity index is 1.70. The number of aromatic nitrogens is 4. The molecule has 0 N–H and O–H groups in total. The summed E-state index contributed by atoms with van der Waals surface area (Å²) in [6.45, 7) is 8.19. The van der Waals surface area contributed by atoms with Crippen LogP contribution in [-0.2, 0) is 9.84 Å². The molecule has 4 aromatic rings. The Morgan fingerprint density at radius 3 is 2.53 bits per heavy atom. The molecule has 0 amide bonds. The summed E-state index contributed by atoms with van der Waals surface area (Å²) in [4.78, 5) is 7.31. The molecule has 8 heteroatoms. The minimum atomic E-state index is -3.87. The average molecular weight is 450 g/mol.